The Bertz CT molecular complexity index is 1050. The molecule has 3 aromatic rings. The van der Waals surface area contributed by atoms with E-state index in [1.54, 1.807) is 24.3 Å². The van der Waals surface area contributed by atoms with Gasteiger partial charge in [-0.1, -0.05) is 37.6 Å². The van der Waals surface area contributed by atoms with Crippen molar-refractivity contribution in [2.45, 2.75) is 31.1 Å². The van der Waals surface area contributed by atoms with E-state index >= 15 is 0 Å². The number of unbranched alkanes of at least 4 members (excludes halogenated alkanes) is 1. The molecule has 7 heteroatoms. The molecule has 6 nitrogen and oxygen atoms in total. The lowest BCUT2D eigenvalue weighted by Gasteiger charge is -2.29. The summed E-state index contributed by atoms with van der Waals surface area (Å²) in [7, 11) is -3.71. The highest BCUT2D eigenvalue weighted by atomic mass is 32.2. The fourth-order valence-corrected chi connectivity index (χ4v) is 5.26. The summed E-state index contributed by atoms with van der Waals surface area (Å²) in [5.74, 6) is 0.614. The van der Waals surface area contributed by atoms with Gasteiger partial charge in [0.25, 0.3) is 10.0 Å². The molecule has 1 saturated heterocycles. The molecule has 2 heterocycles. The summed E-state index contributed by atoms with van der Waals surface area (Å²) in [6, 6.07) is 14.5. The number of benzene rings is 2. The number of aromatic nitrogens is 2. The zero-order valence-corrected chi connectivity index (χ0v) is 17.0. The van der Waals surface area contributed by atoms with Crippen LogP contribution in [0, 0.1) is 0 Å². The average Bonchev–Trinajstić information content (AvgIpc) is 3.12. The van der Waals surface area contributed by atoms with Gasteiger partial charge in [0.15, 0.2) is 0 Å². The number of aryl methyl sites for hydroxylation is 1. The maximum Gasteiger partial charge on any atom is 0.269 e. The number of hydrogen-bond donors (Lipinski definition) is 1. The van der Waals surface area contributed by atoms with Gasteiger partial charge in [0.05, 0.1) is 16.1 Å². The molecule has 4 rings (SSSR count). The van der Waals surface area contributed by atoms with Crippen LogP contribution in [0.3, 0.4) is 0 Å². The molecular formula is C21H26N4O2S. The number of nitrogens with one attached hydrogen (secondary N) is 1. The predicted octanol–water partition coefficient (Wildman–Crippen LogP) is 3.03. The molecule has 1 aliphatic heterocycles. The molecule has 0 amide bonds. The number of piperazine rings is 1. The van der Waals surface area contributed by atoms with Crippen LogP contribution in [0.25, 0.3) is 11.0 Å². The van der Waals surface area contributed by atoms with Crippen LogP contribution in [-0.2, 0) is 16.4 Å². The van der Waals surface area contributed by atoms with Gasteiger partial charge in [-0.2, -0.15) is 0 Å². The number of nitrogens with zero attached hydrogens (tertiary/aromatic N) is 3. The number of imidazole rings is 1. The quantitative estimate of drug-likeness (QED) is 0.691. The minimum Gasteiger partial charge on any atom is -0.367 e. The van der Waals surface area contributed by atoms with Crippen molar-refractivity contribution >= 4 is 26.7 Å². The van der Waals surface area contributed by atoms with E-state index in [1.807, 2.05) is 24.3 Å². The topological polar surface area (TPSA) is 67.2 Å². The lowest BCUT2D eigenvalue weighted by molar-refractivity contribution is 0.585. The Hall–Kier alpha value is -2.38. The normalized spacial score (nSPS) is 15.2. The second-order valence-corrected chi connectivity index (χ2v) is 8.88. The number of anilines is 1. The molecule has 1 fully saturated rings. The van der Waals surface area contributed by atoms with Crippen molar-refractivity contribution in [3.05, 3.63) is 54.4 Å². The zero-order chi connectivity index (χ0) is 19.6. The molecule has 0 radical (unpaired) electrons. The smallest absolute Gasteiger partial charge is 0.269 e. The molecule has 1 aliphatic rings. The second-order valence-electron chi connectivity index (χ2n) is 7.10. The minimum atomic E-state index is -3.71. The summed E-state index contributed by atoms with van der Waals surface area (Å²) in [4.78, 5) is 7.42. The van der Waals surface area contributed by atoms with Gasteiger partial charge in [0.2, 0.25) is 0 Å². The standard InChI is InChI=1S/C21H26N4O2S/c1-2-3-12-20-23-21-18(24-15-13-22-14-16-24)10-7-11-19(21)25(20)28(26,27)17-8-5-4-6-9-17/h4-11,22H,2-3,12-16H2,1H3. The Morgan fingerprint density at radius 1 is 1.04 bits per heavy atom. The van der Waals surface area contributed by atoms with E-state index in [9.17, 15) is 8.42 Å². The lowest BCUT2D eigenvalue weighted by atomic mass is 10.2. The first-order valence-corrected chi connectivity index (χ1v) is 11.3. The lowest BCUT2D eigenvalue weighted by Crippen LogP contribution is -2.43. The van der Waals surface area contributed by atoms with Crippen LogP contribution >= 0.6 is 0 Å². The maximum atomic E-state index is 13.5. The van der Waals surface area contributed by atoms with Crippen molar-refractivity contribution in [2.24, 2.45) is 0 Å². The Morgan fingerprint density at radius 2 is 1.79 bits per heavy atom. The average molecular weight is 399 g/mol. The van der Waals surface area contributed by atoms with E-state index in [1.165, 1.54) is 3.97 Å². The van der Waals surface area contributed by atoms with Crippen molar-refractivity contribution in [3.63, 3.8) is 0 Å². The van der Waals surface area contributed by atoms with Crippen LogP contribution < -0.4 is 10.2 Å². The summed E-state index contributed by atoms with van der Waals surface area (Å²) in [6.07, 6.45) is 2.52. The molecule has 148 valence electrons. The van der Waals surface area contributed by atoms with Gasteiger partial charge >= 0.3 is 0 Å². The summed E-state index contributed by atoms with van der Waals surface area (Å²) in [5, 5.41) is 3.36. The van der Waals surface area contributed by atoms with Crippen LogP contribution in [0.4, 0.5) is 5.69 Å². The molecule has 0 saturated carbocycles. The molecule has 1 aromatic heterocycles. The summed E-state index contributed by atoms with van der Waals surface area (Å²) < 4.78 is 28.4. The van der Waals surface area contributed by atoms with Crippen molar-refractivity contribution in [1.29, 1.82) is 0 Å². The second kappa shape index (κ2) is 7.93. The van der Waals surface area contributed by atoms with Crippen molar-refractivity contribution in [2.75, 3.05) is 31.1 Å². The Kier molecular flexibility index (Phi) is 5.37. The number of hydrogen-bond acceptors (Lipinski definition) is 5. The third-order valence-electron chi connectivity index (χ3n) is 5.18. The number of fused-ring (bicyclic) bond motifs is 1. The van der Waals surface area contributed by atoms with E-state index < -0.39 is 10.0 Å². The molecule has 0 spiro atoms. The van der Waals surface area contributed by atoms with Gasteiger partial charge in [0.1, 0.15) is 11.3 Å². The molecule has 28 heavy (non-hydrogen) atoms. The number of para-hydroxylation sites is 1. The number of rotatable bonds is 6. The molecule has 1 N–H and O–H groups in total. The SMILES string of the molecule is CCCCc1nc2c(N3CCNCC3)cccc2n1S(=O)(=O)c1ccccc1. The van der Waals surface area contributed by atoms with Gasteiger partial charge in [-0.3, -0.25) is 0 Å². The van der Waals surface area contributed by atoms with E-state index in [2.05, 4.69) is 17.1 Å². The van der Waals surface area contributed by atoms with Gasteiger partial charge in [-0.15, -0.1) is 0 Å². The summed E-state index contributed by atoms with van der Waals surface area (Å²) >= 11 is 0. The van der Waals surface area contributed by atoms with Crippen molar-refractivity contribution in [1.82, 2.24) is 14.3 Å². The fourth-order valence-electron chi connectivity index (χ4n) is 3.73. The fraction of sp³-hybridized carbons (Fsp3) is 0.381. The van der Waals surface area contributed by atoms with Crippen molar-refractivity contribution in [3.8, 4) is 0 Å². The van der Waals surface area contributed by atoms with Gasteiger partial charge in [-0.05, 0) is 30.7 Å². The third-order valence-corrected chi connectivity index (χ3v) is 6.94. The van der Waals surface area contributed by atoms with Gasteiger partial charge in [0, 0.05) is 32.6 Å². The Labute approximate surface area is 166 Å². The first-order valence-electron chi connectivity index (χ1n) is 9.89. The zero-order valence-electron chi connectivity index (χ0n) is 16.1. The van der Waals surface area contributed by atoms with Gasteiger partial charge < -0.3 is 10.2 Å². The van der Waals surface area contributed by atoms with Crippen LogP contribution in [0.15, 0.2) is 53.4 Å². The summed E-state index contributed by atoms with van der Waals surface area (Å²) in [6.45, 7) is 5.72. The first-order chi connectivity index (χ1) is 13.6. The molecule has 0 bridgehead atoms. The minimum absolute atomic E-state index is 0.291. The Balaban J connectivity index is 1.91. The highest BCUT2D eigenvalue weighted by Crippen LogP contribution is 2.31. The highest BCUT2D eigenvalue weighted by Gasteiger charge is 2.26. The van der Waals surface area contributed by atoms with E-state index in [4.69, 9.17) is 4.98 Å². The molecular weight excluding hydrogens is 372 g/mol. The van der Waals surface area contributed by atoms with Gasteiger partial charge in [-0.25, -0.2) is 17.4 Å². The third kappa shape index (κ3) is 3.40. The molecule has 2 aromatic carbocycles. The molecule has 0 aliphatic carbocycles. The maximum absolute atomic E-state index is 13.5. The molecule has 0 atom stereocenters. The van der Waals surface area contributed by atoms with Crippen LogP contribution in [0.2, 0.25) is 0 Å². The van der Waals surface area contributed by atoms with E-state index in [0.717, 1.165) is 50.2 Å². The largest absolute Gasteiger partial charge is 0.367 e. The van der Waals surface area contributed by atoms with Crippen LogP contribution in [-0.4, -0.2) is 43.6 Å². The molecule has 0 unspecified atom stereocenters. The first kappa shape index (κ1) is 19.0. The van der Waals surface area contributed by atoms with Crippen molar-refractivity contribution < 1.29 is 8.42 Å². The summed E-state index contributed by atoms with van der Waals surface area (Å²) in [5.41, 5.74) is 2.44. The highest BCUT2D eigenvalue weighted by molar-refractivity contribution is 7.90. The van der Waals surface area contributed by atoms with Crippen LogP contribution in [0.5, 0.6) is 0 Å². The predicted molar refractivity (Wildman–Crippen MR) is 112 cm³/mol. The van der Waals surface area contributed by atoms with E-state index in [0.29, 0.717) is 22.7 Å². The Morgan fingerprint density at radius 3 is 2.50 bits per heavy atom. The van der Waals surface area contributed by atoms with Crippen LogP contribution in [0.1, 0.15) is 25.6 Å². The van der Waals surface area contributed by atoms with E-state index in [-0.39, 0.29) is 0 Å². The monoisotopic (exact) mass is 398 g/mol.